The molecular weight excluding hydrogens is 264 g/mol. The van der Waals surface area contributed by atoms with E-state index in [0.717, 1.165) is 44.5 Å². The number of carbonyl (C=O) groups is 1. The molecule has 0 bridgehead atoms. The van der Waals surface area contributed by atoms with Gasteiger partial charge in [-0.25, -0.2) is 0 Å². The summed E-state index contributed by atoms with van der Waals surface area (Å²) in [7, 11) is 0. The maximum atomic E-state index is 12.4. The summed E-state index contributed by atoms with van der Waals surface area (Å²) < 4.78 is 0. The number of amides is 1. The second kappa shape index (κ2) is 6.16. The monoisotopic (exact) mass is 288 g/mol. The quantitative estimate of drug-likeness (QED) is 0.894. The summed E-state index contributed by atoms with van der Waals surface area (Å²) in [6, 6.07) is 6.12. The Balaban J connectivity index is 1.60. The largest absolute Gasteiger partial charge is 0.393 e. The van der Waals surface area contributed by atoms with Crippen LogP contribution < -0.4 is 5.32 Å². The molecule has 0 saturated carbocycles. The number of anilines is 1. The van der Waals surface area contributed by atoms with Crippen molar-refractivity contribution in [3.8, 4) is 0 Å². The summed E-state index contributed by atoms with van der Waals surface area (Å²) in [5.41, 5.74) is 3.71. The van der Waals surface area contributed by atoms with Crippen molar-refractivity contribution in [2.24, 2.45) is 0 Å². The Morgan fingerprint density at radius 1 is 1.29 bits per heavy atom. The zero-order valence-electron chi connectivity index (χ0n) is 12.6. The first-order chi connectivity index (χ1) is 10.1. The van der Waals surface area contributed by atoms with E-state index < -0.39 is 0 Å². The number of fused-ring (bicyclic) bond motifs is 1. The van der Waals surface area contributed by atoms with Gasteiger partial charge in [0.1, 0.15) is 0 Å². The number of piperidine rings is 1. The molecule has 21 heavy (non-hydrogen) atoms. The van der Waals surface area contributed by atoms with Crippen molar-refractivity contribution >= 4 is 11.6 Å². The number of rotatable bonds is 3. The van der Waals surface area contributed by atoms with Crippen LogP contribution in [0, 0.1) is 0 Å². The van der Waals surface area contributed by atoms with Crippen LogP contribution in [0.2, 0.25) is 0 Å². The highest BCUT2D eigenvalue weighted by Crippen LogP contribution is 2.25. The lowest BCUT2D eigenvalue weighted by atomic mass is 10.1. The lowest BCUT2D eigenvalue weighted by molar-refractivity contribution is -0.121. The van der Waals surface area contributed by atoms with Crippen molar-refractivity contribution < 1.29 is 9.90 Å². The minimum absolute atomic E-state index is 0.0457. The second-order valence-electron chi connectivity index (χ2n) is 6.27. The van der Waals surface area contributed by atoms with Gasteiger partial charge >= 0.3 is 0 Å². The van der Waals surface area contributed by atoms with E-state index in [1.165, 1.54) is 17.5 Å². The topological polar surface area (TPSA) is 52.6 Å². The van der Waals surface area contributed by atoms with Crippen molar-refractivity contribution in [1.82, 2.24) is 4.90 Å². The third-order valence-corrected chi connectivity index (χ3v) is 4.79. The maximum absolute atomic E-state index is 12.4. The highest BCUT2D eigenvalue weighted by molar-refractivity contribution is 5.94. The molecule has 0 radical (unpaired) electrons. The molecule has 1 aromatic rings. The van der Waals surface area contributed by atoms with Crippen LogP contribution in [0.15, 0.2) is 18.2 Å². The molecular formula is C17H24N2O2. The fourth-order valence-electron chi connectivity index (χ4n) is 3.34. The number of aliphatic hydroxyl groups is 1. The van der Waals surface area contributed by atoms with Gasteiger partial charge in [-0.3, -0.25) is 9.69 Å². The molecule has 2 N–H and O–H groups in total. The standard InChI is InChI=1S/C17H24N2O2/c1-12(19-9-7-16(20)8-10-19)17(21)18-15-6-5-13-3-2-4-14(13)11-15/h5-6,11-12,16,20H,2-4,7-10H2,1H3,(H,18,21). The van der Waals surface area contributed by atoms with E-state index >= 15 is 0 Å². The number of nitrogens with one attached hydrogen (secondary N) is 1. The van der Waals surface area contributed by atoms with Gasteiger partial charge in [0.2, 0.25) is 5.91 Å². The Bertz CT molecular complexity index is 522. The molecule has 0 spiro atoms. The highest BCUT2D eigenvalue weighted by Gasteiger charge is 2.25. The van der Waals surface area contributed by atoms with Crippen molar-refractivity contribution in [3.05, 3.63) is 29.3 Å². The van der Waals surface area contributed by atoms with Crippen LogP contribution in [0.1, 0.15) is 37.3 Å². The van der Waals surface area contributed by atoms with Crippen molar-refractivity contribution in [1.29, 1.82) is 0 Å². The fourth-order valence-corrected chi connectivity index (χ4v) is 3.34. The van der Waals surface area contributed by atoms with Gasteiger partial charge < -0.3 is 10.4 Å². The van der Waals surface area contributed by atoms with E-state index in [1.54, 1.807) is 0 Å². The summed E-state index contributed by atoms with van der Waals surface area (Å²) >= 11 is 0. The normalized spacial score (nSPS) is 21.0. The van der Waals surface area contributed by atoms with E-state index in [0.29, 0.717) is 0 Å². The van der Waals surface area contributed by atoms with Gasteiger partial charge in [-0.1, -0.05) is 6.07 Å². The number of hydrogen-bond donors (Lipinski definition) is 2. The van der Waals surface area contributed by atoms with Crippen molar-refractivity contribution in [3.63, 3.8) is 0 Å². The molecule has 1 amide bonds. The Morgan fingerprint density at radius 3 is 2.76 bits per heavy atom. The minimum Gasteiger partial charge on any atom is -0.393 e. The van der Waals surface area contributed by atoms with Gasteiger partial charge in [0.05, 0.1) is 12.1 Å². The van der Waals surface area contributed by atoms with Crippen LogP contribution >= 0.6 is 0 Å². The molecule has 4 heteroatoms. The fraction of sp³-hybridized carbons (Fsp3) is 0.588. The molecule has 1 aromatic carbocycles. The predicted molar refractivity (Wildman–Crippen MR) is 83.4 cm³/mol. The summed E-state index contributed by atoms with van der Waals surface area (Å²) in [6.45, 7) is 3.53. The molecule has 2 aliphatic rings. The average molecular weight is 288 g/mol. The zero-order chi connectivity index (χ0) is 14.8. The summed E-state index contributed by atoms with van der Waals surface area (Å²) in [5, 5.41) is 12.6. The van der Waals surface area contributed by atoms with Gasteiger partial charge in [0, 0.05) is 18.8 Å². The van der Waals surface area contributed by atoms with E-state index in [4.69, 9.17) is 0 Å². The van der Waals surface area contributed by atoms with Crippen LogP contribution in [-0.2, 0) is 17.6 Å². The van der Waals surface area contributed by atoms with Gasteiger partial charge in [0.25, 0.3) is 0 Å². The van der Waals surface area contributed by atoms with E-state index in [2.05, 4.69) is 22.3 Å². The highest BCUT2D eigenvalue weighted by atomic mass is 16.3. The van der Waals surface area contributed by atoms with Crippen LogP contribution in [-0.4, -0.2) is 41.1 Å². The molecule has 1 aliphatic heterocycles. The third-order valence-electron chi connectivity index (χ3n) is 4.79. The first-order valence-corrected chi connectivity index (χ1v) is 7.98. The second-order valence-corrected chi connectivity index (χ2v) is 6.27. The Labute approximate surface area is 126 Å². The Kier molecular flexibility index (Phi) is 4.27. The maximum Gasteiger partial charge on any atom is 0.241 e. The SMILES string of the molecule is CC(C(=O)Nc1ccc2c(c1)CCC2)N1CCC(O)CC1. The smallest absolute Gasteiger partial charge is 0.241 e. The van der Waals surface area contributed by atoms with Crippen LogP contribution in [0.25, 0.3) is 0 Å². The molecule has 1 atom stereocenters. The van der Waals surface area contributed by atoms with E-state index in [-0.39, 0.29) is 18.1 Å². The minimum atomic E-state index is -0.201. The van der Waals surface area contributed by atoms with Crippen molar-refractivity contribution in [2.75, 3.05) is 18.4 Å². The predicted octanol–water partition coefficient (Wildman–Crippen LogP) is 1.96. The Hall–Kier alpha value is -1.39. The molecule has 1 fully saturated rings. The van der Waals surface area contributed by atoms with E-state index in [1.807, 2.05) is 13.0 Å². The van der Waals surface area contributed by atoms with Gasteiger partial charge in [0.15, 0.2) is 0 Å². The summed E-state index contributed by atoms with van der Waals surface area (Å²) in [5.74, 6) is 0.0457. The van der Waals surface area contributed by atoms with Crippen LogP contribution in [0.3, 0.4) is 0 Å². The van der Waals surface area contributed by atoms with Crippen LogP contribution in [0.4, 0.5) is 5.69 Å². The molecule has 3 rings (SSSR count). The number of hydrogen-bond acceptors (Lipinski definition) is 3. The molecule has 1 saturated heterocycles. The number of nitrogens with zero attached hydrogens (tertiary/aromatic N) is 1. The lowest BCUT2D eigenvalue weighted by Crippen LogP contribution is -2.47. The molecule has 114 valence electrons. The number of aliphatic hydroxyl groups excluding tert-OH is 1. The molecule has 1 heterocycles. The van der Waals surface area contributed by atoms with Gasteiger partial charge in [-0.2, -0.15) is 0 Å². The average Bonchev–Trinajstić information content (AvgIpc) is 2.95. The van der Waals surface area contributed by atoms with Crippen molar-refractivity contribution in [2.45, 2.75) is 51.2 Å². The van der Waals surface area contributed by atoms with Crippen LogP contribution in [0.5, 0.6) is 0 Å². The number of likely N-dealkylation sites (tertiary alicyclic amines) is 1. The number of benzene rings is 1. The molecule has 0 aromatic heterocycles. The first-order valence-electron chi connectivity index (χ1n) is 7.98. The number of aryl methyl sites for hydroxylation is 2. The molecule has 4 nitrogen and oxygen atoms in total. The Morgan fingerprint density at radius 2 is 2.00 bits per heavy atom. The summed E-state index contributed by atoms with van der Waals surface area (Å²) in [6.07, 6.45) is 4.83. The molecule has 1 aliphatic carbocycles. The molecule has 1 unspecified atom stereocenters. The van der Waals surface area contributed by atoms with E-state index in [9.17, 15) is 9.90 Å². The first kappa shape index (κ1) is 14.5. The lowest BCUT2D eigenvalue weighted by Gasteiger charge is -2.33. The van der Waals surface area contributed by atoms with Gasteiger partial charge in [-0.05, 0) is 62.3 Å². The van der Waals surface area contributed by atoms with Gasteiger partial charge in [-0.15, -0.1) is 0 Å². The summed E-state index contributed by atoms with van der Waals surface area (Å²) in [4.78, 5) is 14.5. The third kappa shape index (κ3) is 3.27. The zero-order valence-corrected chi connectivity index (χ0v) is 12.6. The number of carbonyl (C=O) groups excluding carboxylic acids is 1.